The number of carbonyl (C=O) groups excluding carboxylic acids is 2. The average Bonchev–Trinajstić information content (AvgIpc) is 3.32. The molecule has 0 fully saturated rings. The number of nitrogens with zero attached hydrogens (tertiary/aromatic N) is 1. The Hall–Kier alpha value is -2.64. The van der Waals surface area contributed by atoms with E-state index in [0.29, 0.717) is 22.0 Å². The van der Waals surface area contributed by atoms with Gasteiger partial charge in [0, 0.05) is 22.5 Å². The van der Waals surface area contributed by atoms with Crippen molar-refractivity contribution in [2.45, 2.75) is 13.0 Å². The first-order valence-corrected chi connectivity index (χ1v) is 9.05. The standard InChI is InChI=1S/C18H15ClN2O4S/c19-13-5-3-12(4-6-13)17(23)20-8-7-16(22)25-10-14-11-26-18(21-14)15-2-1-9-24-15/h1-6,9,11H,7-8,10H2,(H,20,23). The molecule has 0 radical (unpaired) electrons. The van der Waals surface area contributed by atoms with Gasteiger partial charge in [0.15, 0.2) is 10.8 Å². The lowest BCUT2D eigenvalue weighted by Crippen LogP contribution is -2.26. The molecule has 0 unspecified atom stereocenters. The zero-order chi connectivity index (χ0) is 18.4. The fraction of sp³-hybridized carbons (Fsp3) is 0.167. The van der Waals surface area contributed by atoms with Gasteiger partial charge in [0.1, 0.15) is 6.61 Å². The molecule has 3 rings (SSSR count). The number of nitrogens with one attached hydrogen (secondary N) is 1. The molecule has 3 aromatic rings. The van der Waals surface area contributed by atoms with Crippen molar-refractivity contribution in [3.63, 3.8) is 0 Å². The van der Waals surface area contributed by atoms with Crippen molar-refractivity contribution in [2.24, 2.45) is 0 Å². The molecule has 0 bridgehead atoms. The van der Waals surface area contributed by atoms with Crippen LogP contribution in [0.5, 0.6) is 0 Å². The number of thiazole rings is 1. The Morgan fingerprint density at radius 3 is 2.77 bits per heavy atom. The first-order chi connectivity index (χ1) is 12.6. The number of hydrogen-bond acceptors (Lipinski definition) is 6. The maximum absolute atomic E-state index is 11.9. The summed E-state index contributed by atoms with van der Waals surface area (Å²) in [7, 11) is 0. The number of esters is 1. The normalized spacial score (nSPS) is 10.5. The fourth-order valence-electron chi connectivity index (χ4n) is 2.09. The van der Waals surface area contributed by atoms with Crippen LogP contribution < -0.4 is 5.32 Å². The van der Waals surface area contributed by atoms with Crippen molar-refractivity contribution in [3.05, 3.63) is 64.3 Å². The predicted molar refractivity (Wildman–Crippen MR) is 98.0 cm³/mol. The molecule has 1 N–H and O–H groups in total. The summed E-state index contributed by atoms with van der Waals surface area (Å²) in [6.45, 7) is 0.274. The Balaban J connectivity index is 1.39. The van der Waals surface area contributed by atoms with Gasteiger partial charge < -0.3 is 14.5 Å². The minimum Gasteiger partial charge on any atom is -0.462 e. The van der Waals surface area contributed by atoms with Crippen LogP contribution in [0.15, 0.2) is 52.5 Å². The zero-order valence-corrected chi connectivity index (χ0v) is 15.2. The molecule has 0 spiro atoms. The van der Waals surface area contributed by atoms with Crippen LogP contribution in [-0.2, 0) is 16.1 Å². The molecule has 0 atom stereocenters. The van der Waals surface area contributed by atoms with Gasteiger partial charge in [0.2, 0.25) is 0 Å². The third-order valence-electron chi connectivity index (χ3n) is 3.39. The number of halogens is 1. The highest BCUT2D eigenvalue weighted by atomic mass is 35.5. The monoisotopic (exact) mass is 390 g/mol. The number of furan rings is 1. The second-order valence-electron chi connectivity index (χ2n) is 5.29. The van der Waals surface area contributed by atoms with Crippen molar-refractivity contribution in [3.8, 4) is 10.8 Å². The van der Waals surface area contributed by atoms with Gasteiger partial charge in [0.05, 0.1) is 18.4 Å². The van der Waals surface area contributed by atoms with Gasteiger partial charge in [-0.25, -0.2) is 4.98 Å². The summed E-state index contributed by atoms with van der Waals surface area (Å²) >= 11 is 7.19. The van der Waals surface area contributed by atoms with Crippen LogP contribution in [0, 0.1) is 0 Å². The first kappa shape index (κ1) is 18.2. The van der Waals surface area contributed by atoms with Crippen molar-refractivity contribution in [2.75, 3.05) is 6.54 Å². The number of hydrogen-bond donors (Lipinski definition) is 1. The van der Waals surface area contributed by atoms with E-state index >= 15 is 0 Å². The molecular formula is C18H15ClN2O4S. The number of amides is 1. The van der Waals surface area contributed by atoms with E-state index in [-0.39, 0.29) is 25.5 Å². The maximum atomic E-state index is 11.9. The smallest absolute Gasteiger partial charge is 0.307 e. The van der Waals surface area contributed by atoms with E-state index in [0.717, 1.165) is 5.01 Å². The minimum absolute atomic E-state index is 0.0779. The minimum atomic E-state index is -0.408. The molecule has 8 heteroatoms. The number of rotatable bonds is 7. The highest BCUT2D eigenvalue weighted by Gasteiger charge is 2.10. The van der Waals surface area contributed by atoms with Crippen LogP contribution in [0.2, 0.25) is 5.02 Å². The molecule has 0 saturated carbocycles. The number of aromatic nitrogens is 1. The maximum Gasteiger partial charge on any atom is 0.307 e. The number of carbonyl (C=O) groups is 2. The lowest BCUT2D eigenvalue weighted by molar-refractivity contribution is -0.144. The Labute approximate surface area is 158 Å². The molecule has 0 aliphatic rings. The highest BCUT2D eigenvalue weighted by molar-refractivity contribution is 7.13. The Bertz CT molecular complexity index is 875. The van der Waals surface area contributed by atoms with Crippen molar-refractivity contribution in [1.82, 2.24) is 10.3 Å². The van der Waals surface area contributed by atoms with E-state index in [2.05, 4.69) is 10.3 Å². The Kier molecular flexibility index (Phi) is 6.04. The van der Waals surface area contributed by atoms with Gasteiger partial charge in [0.25, 0.3) is 5.91 Å². The van der Waals surface area contributed by atoms with E-state index in [9.17, 15) is 9.59 Å². The van der Waals surface area contributed by atoms with Crippen LogP contribution in [0.1, 0.15) is 22.5 Å². The van der Waals surface area contributed by atoms with E-state index in [1.54, 1.807) is 36.6 Å². The van der Waals surface area contributed by atoms with Gasteiger partial charge in [-0.05, 0) is 36.4 Å². The summed E-state index contributed by atoms with van der Waals surface area (Å²) in [5.41, 5.74) is 1.13. The number of benzene rings is 1. The topological polar surface area (TPSA) is 81.4 Å². The molecule has 0 aliphatic heterocycles. The van der Waals surface area contributed by atoms with Crippen molar-refractivity contribution < 1.29 is 18.7 Å². The highest BCUT2D eigenvalue weighted by Crippen LogP contribution is 2.24. The Morgan fingerprint density at radius 2 is 2.04 bits per heavy atom. The number of ether oxygens (including phenoxy) is 1. The van der Waals surface area contributed by atoms with Crippen LogP contribution in [0.25, 0.3) is 10.8 Å². The second-order valence-corrected chi connectivity index (χ2v) is 6.59. The largest absolute Gasteiger partial charge is 0.462 e. The van der Waals surface area contributed by atoms with E-state index < -0.39 is 5.97 Å². The quantitative estimate of drug-likeness (QED) is 0.618. The Morgan fingerprint density at radius 1 is 1.23 bits per heavy atom. The van der Waals surface area contributed by atoms with Crippen LogP contribution >= 0.6 is 22.9 Å². The van der Waals surface area contributed by atoms with Crippen molar-refractivity contribution >= 4 is 34.8 Å². The van der Waals surface area contributed by atoms with Crippen LogP contribution in [0.3, 0.4) is 0 Å². The molecule has 0 saturated heterocycles. The SMILES string of the molecule is O=C(CCNC(=O)c1ccc(Cl)cc1)OCc1csc(-c2ccco2)n1. The van der Waals surface area contributed by atoms with Gasteiger partial charge in [-0.1, -0.05) is 11.6 Å². The third-order valence-corrected chi connectivity index (χ3v) is 4.54. The van der Waals surface area contributed by atoms with Crippen LogP contribution in [-0.4, -0.2) is 23.4 Å². The predicted octanol–water partition coefficient (Wildman–Crippen LogP) is 3.92. The van der Waals surface area contributed by atoms with E-state index in [1.807, 2.05) is 11.4 Å². The van der Waals surface area contributed by atoms with E-state index in [4.69, 9.17) is 20.8 Å². The summed E-state index contributed by atoms with van der Waals surface area (Å²) in [5.74, 6) is 0.00324. The second kappa shape index (κ2) is 8.64. The third kappa shape index (κ3) is 4.93. The molecule has 2 heterocycles. The molecule has 26 heavy (non-hydrogen) atoms. The summed E-state index contributed by atoms with van der Waals surface area (Å²) < 4.78 is 10.4. The van der Waals surface area contributed by atoms with Gasteiger partial charge in [-0.3, -0.25) is 9.59 Å². The summed E-state index contributed by atoms with van der Waals surface area (Å²) in [4.78, 5) is 28.0. The molecule has 1 aromatic carbocycles. The van der Waals surface area contributed by atoms with Gasteiger partial charge >= 0.3 is 5.97 Å². The molecule has 1 amide bonds. The lowest BCUT2D eigenvalue weighted by atomic mass is 10.2. The molecule has 6 nitrogen and oxygen atoms in total. The zero-order valence-electron chi connectivity index (χ0n) is 13.6. The van der Waals surface area contributed by atoms with Gasteiger partial charge in [-0.2, -0.15) is 0 Å². The summed E-state index contributed by atoms with van der Waals surface area (Å²) in [6.07, 6.45) is 1.66. The summed E-state index contributed by atoms with van der Waals surface area (Å²) in [6, 6.07) is 10.1. The first-order valence-electron chi connectivity index (χ1n) is 7.79. The molecular weight excluding hydrogens is 376 g/mol. The van der Waals surface area contributed by atoms with Crippen molar-refractivity contribution in [1.29, 1.82) is 0 Å². The lowest BCUT2D eigenvalue weighted by Gasteiger charge is -2.05. The van der Waals surface area contributed by atoms with E-state index in [1.165, 1.54) is 11.3 Å². The summed E-state index contributed by atoms with van der Waals surface area (Å²) in [5, 5.41) is 5.76. The fourth-order valence-corrected chi connectivity index (χ4v) is 2.99. The van der Waals surface area contributed by atoms with Crippen LogP contribution in [0.4, 0.5) is 0 Å². The molecule has 0 aliphatic carbocycles. The average molecular weight is 391 g/mol. The molecule has 134 valence electrons. The molecule has 2 aromatic heterocycles. The van der Waals surface area contributed by atoms with Gasteiger partial charge in [-0.15, -0.1) is 11.3 Å².